The van der Waals surface area contributed by atoms with Crippen molar-refractivity contribution >= 4 is 11.8 Å². The van der Waals surface area contributed by atoms with Crippen LogP contribution in [0.25, 0.3) is 0 Å². The number of amides is 2. The lowest BCUT2D eigenvalue weighted by molar-refractivity contribution is -0.131. The highest BCUT2D eigenvalue weighted by Crippen LogP contribution is 2.19. The first-order valence-corrected chi connectivity index (χ1v) is 6.50. The van der Waals surface area contributed by atoms with Crippen LogP contribution in [0.15, 0.2) is 10.5 Å². The van der Waals surface area contributed by atoms with Crippen molar-refractivity contribution in [2.24, 2.45) is 5.84 Å². The highest BCUT2D eigenvalue weighted by molar-refractivity contribution is 5.94. The number of hydrogen-bond donors (Lipinski definition) is 2. The zero-order valence-corrected chi connectivity index (χ0v) is 11.1. The topological polar surface area (TPSA) is 88.6 Å². The zero-order chi connectivity index (χ0) is 13.8. The van der Waals surface area contributed by atoms with E-state index in [4.69, 9.17) is 10.3 Å². The summed E-state index contributed by atoms with van der Waals surface area (Å²) in [7, 11) is 0. The molecule has 1 aromatic heterocycles. The van der Waals surface area contributed by atoms with Gasteiger partial charge in [-0.15, -0.1) is 0 Å². The van der Waals surface area contributed by atoms with Crippen LogP contribution in [0.2, 0.25) is 0 Å². The van der Waals surface area contributed by atoms with Gasteiger partial charge in [-0.05, 0) is 25.8 Å². The normalized spacial score (nSPS) is 16.3. The Bertz CT molecular complexity index is 481. The molecule has 0 atom stereocenters. The van der Waals surface area contributed by atoms with Crippen molar-refractivity contribution in [1.29, 1.82) is 0 Å². The highest BCUT2D eigenvalue weighted by Gasteiger charge is 2.20. The minimum Gasteiger partial charge on any atom is -0.464 e. The van der Waals surface area contributed by atoms with Crippen LogP contribution in [-0.4, -0.2) is 23.3 Å². The number of carbonyl (C=O) groups is 2. The Kier molecular flexibility index (Phi) is 4.21. The SMILES string of the molecule is Cc1oc(CN2CCCCCC2=O)cc1C(=O)NN. The van der Waals surface area contributed by atoms with Gasteiger partial charge in [0.15, 0.2) is 0 Å². The Morgan fingerprint density at radius 1 is 1.47 bits per heavy atom. The van der Waals surface area contributed by atoms with Gasteiger partial charge < -0.3 is 9.32 Å². The lowest BCUT2D eigenvalue weighted by atomic mass is 10.2. The molecule has 0 aliphatic carbocycles. The number of furan rings is 1. The molecule has 0 bridgehead atoms. The third-order valence-corrected chi connectivity index (χ3v) is 3.36. The molecule has 19 heavy (non-hydrogen) atoms. The van der Waals surface area contributed by atoms with E-state index in [1.54, 1.807) is 17.9 Å². The van der Waals surface area contributed by atoms with E-state index in [-0.39, 0.29) is 11.8 Å². The lowest BCUT2D eigenvalue weighted by Gasteiger charge is -2.18. The summed E-state index contributed by atoms with van der Waals surface area (Å²) in [5.41, 5.74) is 2.49. The van der Waals surface area contributed by atoms with E-state index in [1.807, 2.05) is 0 Å². The summed E-state index contributed by atoms with van der Waals surface area (Å²) in [6, 6.07) is 1.65. The van der Waals surface area contributed by atoms with Gasteiger partial charge in [0.25, 0.3) is 5.91 Å². The molecule has 0 aromatic carbocycles. The smallest absolute Gasteiger partial charge is 0.268 e. The molecule has 2 amide bonds. The largest absolute Gasteiger partial charge is 0.464 e. The maximum atomic E-state index is 11.9. The summed E-state index contributed by atoms with van der Waals surface area (Å²) >= 11 is 0. The predicted octanol–water partition coefficient (Wildman–Crippen LogP) is 1.09. The van der Waals surface area contributed by atoms with Gasteiger partial charge in [-0.1, -0.05) is 6.42 Å². The van der Waals surface area contributed by atoms with Crippen molar-refractivity contribution in [3.05, 3.63) is 23.2 Å². The number of hydrazine groups is 1. The third kappa shape index (κ3) is 3.14. The Balaban J connectivity index is 2.10. The molecule has 1 saturated heterocycles. The molecule has 0 radical (unpaired) electrons. The van der Waals surface area contributed by atoms with Gasteiger partial charge in [-0.2, -0.15) is 0 Å². The number of likely N-dealkylation sites (tertiary alicyclic amines) is 1. The summed E-state index contributed by atoms with van der Waals surface area (Å²) in [5, 5.41) is 0. The van der Waals surface area contributed by atoms with Crippen LogP contribution in [0.1, 0.15) is 47.6 Å². The van der Waals surface area contributed by atoms with E-state index in [0.29, 0.717) is 30.0 Å². The van der Waals surface area contributed by atoms with Gasteiger partial charge >= 0.3 is 0 Å². The molecule has 1 fully saturated rings. The molecule has 6 heteroatoms. The fraction of sp³-hybridized carbons (Fsp3) is 0.538. The number of nitrogens with zero attached hydrogens (tertiary/aromatic N) is 1. The van der Waals surface area contributed by atoms with E-state index in [2.05, 4.69) is 5.43 Å². The van der Waals surface area contributed by atoms with Crippen molar-refractivity contribution in [2.45, 2.75) is 39.2 Å². The minimum absolute atomic E-state index is 0.149. The van der Waals surface area contributed by atoms with Gasteiger partial charge in [-0.25, -0.2) is 5.84 Å². The summed E-state index contributed by atoms with van der Waals surface area (Å²) < 4.78 is 5.52. The van der Waals surface area contributed by atoms with Crippen LogP contribution in [0.4, 0.5) is 0 Å². The fourth-order valence-electron chi connectivity index (χ4n) is 2.32. The van der Waals surface area contributed by atoms with Crippen molar-refractivity contribution in [2.75, 3.05) is 6.54 Å². The van der Waals surface area contributed by atoms with Gasteiger partial charge in [0.1, 0.15) is 11.5 Å². The first-order valence-electron chi connectivity index (χ1n) is 6.50. The molecule has 3 N–H and O–H groups in total. The average Bonchev–Trinajstić information content (AvgIpc) is 2.64. The van der Waals surface area contributed by atoms with Gasteiger partial charge in [-0.3, -0.25) is 15.0 Å². The summed E-state index contributed by atoms with van der Waals surface area (Å²) in [6.07, 6.45) is 3.64. The van der Waals surface area contributed by atoms with E-state index in [0.717, 1.165) is 25.8 Å². The maximum absolute atomic E-state index is 11.9. The number of hydrogen-bond acceptors (Lipinski definition) is 4. The molecule has 1 aromatic rings. The van der Waals surface area contributed by atoms with E-state index in [9.17, 15) is 9.59 Å². The predicted molar refractivity (Wildman–Crippen MR) is 69.0 cm³/mol. The third-order valence-electron chi connectivity index (χ3n) is 3.36. The monoisotopic (exact) mass is 265 g/mol. The Morgan fingerprint density at radius 3 is 3.00 bits per heavy atom. The standard InChI is InChI=1S/C13H19N3O3/c1-9-11(13(18)15-14)7-10(19-9)8-16-6-4-2-3-5-12(16)17/h7H,2-6,8,14H2,1H3,(H,15,18). The van der Waals surface area contributed by atoms with Crippen LogP contribution in [0.5, 0.6) is 0 Å². The minimum atomic E-state index is -0.380. The molecule has 0 saturated carbocycles. The number of nitrogen functional groups attached to an aromatic ring is 1. The first-order chi connectivity index (χ1) is 9.11. The number of carbonyl (C=O) groups excluding carboxylic acids is 2. The van der Waals surface area contributed by atoms with Gasteiger partial charge in [0, 0.05) is 13.0 Å². The fourth-order valence-corrected chi connectivity index (χ4v) is 2.32. The molecule has 104 valence electrons. The maximum Gasteiger partial charge on any atom is 0.268 e. The molecular weight excluding hydrogens is 246 g/mol. The number of nitrogens with two attached hydrogens (primary N) is 1. The van der Waals surface area contributed by atoms with E-state index in [1.165, 1.54) is 0 Å². The second kappa shape index (κ2) is 5.88. The van der Waals surface area contributed by atoms with Gasteiger partial charge in [0.05, 0.1) is 12.1 Å². The second-order valence-electron chi connectivity index (χ2n) is 4.78. The second-order valence-corrected chi connectivity index (χ2v) is 4.78. The van der Waals surface area contributed by atoms with Crippen molar-refractivity contribution in [3.63, 3.8) is 0 Å². The van der Waals surface area contributed by atoms with E-state index >= 15 is 0 Å². The molecule has 2 rings (SSSR count). The van der Waals surface area contributed by atoms with Gasteiger partial charge in [0.2, 0.25) is 5.91 Å². The van der Waals surface area contributed by atoms with E-state index < -0.39 is 0 Å². The highest BCUT2D eigenvalue weighted by atomic mass is 16.3. The first kappa shape index (κ1) is 13.6. The Labute approximate surface area is 111 Å². The summed E-state index contributed by atoms with van der Waals surface area (Å²) in [6.45, 7) is 2.87. The Morgan fingerprint density at radius 2 is 2.26 bits per heavy atom. The van der Waals surface area contributed by atoms with Crippen molar-refractivity contribution < 1.29 is 14.0 Å². The number of aryl methyl sites for hydroxylation is 1. The zero-order valence-electron chi connectivity index (χ0n) is 11.1. The number of nitrogens with one attached hydrogen (secondary N) is 1. The van der Waals surface area contributed by atoms with Crippen LogP contribution in [0.3, 0.4) is 0 Å². The molecule has 0 unspecified atom stereocenters. The lowest BCUT2D eigenvalue weighted by Crippen LogP contribution is -2.30. The summed E-state index contributed by atoms with van der Waals surface area (Å²) in [4.78, 5) is 25.2. The molecule has 1 aliphatic heterocycles. The molecular formula is C13H19N3O3. The quantitative estimate of drug-likeness (QED) is 0.486. The average molecular weight is 265 g/mol. The van der Waals surface area contributed by atoms with Crippen LogP contribution in [0, 0.1) is 6.92 Å². The molecule has 2 heterocycles. The Hall–Kier alpha value is -1.82. The molecule has 0 spiro atoms. The summed E-state index contributed by atoms with van der Waals surface area (Å²) in [5.74, 6) is 6.00. The van der Waals surface area contributed by atoms with Crippen molar-refractivity contribution in [1.82, 2.24) is 10.3 Å². The number of rotatable bonds is 3. The van der Waals surface area contributed by atoms with Crippen LogP contribution in [-0.2, 0) is 11.3 Å². The molecule has 6 nitrogen and oxygen atoms in total. The van der Waals surface area contributed by atoms with Crippen LogP contribution < -0.4 is 11.3 Å². The molecule has 1 aliphatic rings. The van der Waals surface area contributed by atoms with Crippen LogP contribution >= 0.6 is 0 Å². The van der Waals surface area contributed by atoms with Crippen molar-refractivity contribution in [3.8, 4) is 0 Å².